The summed E-state index contributed by atoms with van der Waals surface area (Å²) in [6.07, 6.45) is 0. The van der Waals surface area contributed by atoms with E-state index >= 15 is 0 Å². The first-order valence-corrected chi connectivity index (χ1v) is 11.2. The zero-order chi connectivity index (χ0) is 22.1. The quantitative estimate of drug-likeness (QED) is 0.294. The fraction of sp³-hybridized carbons (Fsp3) is 0.208. The fourth-order valence-corrected chi connectivity index (χ4v) is 4.37. The van der Waals surface area contributed by atoms with Crippen molar-refractivity contribution in [3.8, 4) is 23.0 Å². The van der Waals surface area contributed by atoms with E-state index in [2.05, 4.69) is 14.8 Å². The summed E-state index contributed by atoms with van der Waals surface area (Å²) >= 11 is 1.25. The molecular weight excluding hydrogens is 426 g/mol. The fourth-order valence-electron chi connectivity index (χ4n) is 3.72. The third kappa shape index (κ3) is 4.01. The molecule has 7 nitrogen and oxygen atoms in total. The van der Waals surface area contributed by atoms with E-state index in [1.54, 1.807) is 0 Å². The molecule has 0 saturated carbocycles. The summed E-state index contributed by atoms with van der Waals surface area (Å²) in [5, 5.41) is 8.51. The van der Waals surface area contributed by atoms with Crippen LogP contribution in [-0.4, -0.2) is 33.1 Å². The van der Waals surface area contributed by atoms with Crippen molar-refractivity contribution < 1.29 is 18.7 Å². The van der Waals surface area contributed by atoms with Crippen LogP contribution in [0.5, 0.6) is 11.5 Å². The predicted molar refractivity (Wildman–Crippen MR) is 120 cm³/mol. The highest BCUT2D eigenvalue weighted by atomic mass is 32.2. The molecule has 8 heteroatoms. The van der Waals surface area contributed by atoms with E-state index < -0.39 is 0 Å². The normalized spacial score (nSPS) is 12.3. The summed E-state index contributed by atoms with van der Waals surface area (Å²) in [5.74, 6) is 2.22. The lowest BCUT2D eigenvalue weighted by molar-refractivity contribution is 0.102. The van der Waals surface area contributed by atoms with Gasteiger partial charge in [0, 0.05) is 29.1 Å². The molecule has 1 aliphatic heterocycles. The average molecular weight is 448 g/mol. The molecule has 0 saturated heterocycles. The Labute approximate surface area is 189 Å². The van der Waals surface area contributed by atoms with E-state index in [0.717, 1.165) is 34.0 Å². The molecule has 5 rings (SSSR count). The van der Waals surface area contributed by atoms with Gasteiger partial charge in [0.05, 0.1) is 5.75 Å². The third-order valence-electron chi connectivity index (χ3n) is 5.41. The molecule has 2 aromatic carbocycles. The van der Waals surface area contributed by atoms with E-state index in [1.165, 1.54) is 11.8 Å². The van der Waals surface area contributed by atoms with Gasteiger partial charge in [-0.3, -0.25) is 4.79 Å². The standard InChI is InChI=1S/C24H21N3O4S/c1-15-10-19(16(2)27(15)12-17-8-9-21-22(11-17)30-14-29-21)20(28)13-32-24-26-25-23(31-24)18-6-4-3-5-7-18/h3-11H,12-14H2,1-2H3. The molecular formula is C24H21N3O4S. The van der Waals surface area contributed by atoms with Crippen molar-refractivity contribution in [1.29, 1.82) is 0 Å². The van der Waals surface area contributed by atoms with Gasteiger partial charge in [-0.05, 0) is 49.7 Å². The molecule has 0 unspecified atom stereocenters. The molecule has 0 N–H and O–H groups in total. The lowest BCUT2D eigenvalue weighted by Gasteiger charge is -2.10. The highest BCUT2D eigenvalue weighted by Gasteiger charge is 2.19. The van der Waals surface area contributed by atoms with Crippen LogP contribution in [0.2, 0.25) is 0 Å². The van der Waals surface area contributed by atoms with Gasteiger partial charge in [-0.1, -0.05) is 36.0 Å². The van der Waals surface area contributed by atoms with Gasteiger partial charge in [0.25, 0.3) is 5.22 Å². The Hall–Kier alpha value is -3.52. The molecule has 162 valence electrons. The van der Waals surface area contributed by atoms with Crippen molar-refractivity contribution in [3.05, 3.63) is 77.1 Å². The largest absolute Gasteiger partial charge is 0.454 e. The van der Waals surface area contributed by atoms with Crippen LogP contribution >= 0.6 is 11.8 Å². The number of thioether (sulfide) groups is 1. The van der Waals surface area contributed by atoms with Crippen LogP contribution in [0.4, 0.5) is 0 Å². The molecule has 0 fully saturated rings. The maximum Gasteiger partial charge on any atom is 0.277 e. The van der Waals surface area contributed by atoms with Crippen LogP contribution in [0.15, 0.2) is 64.2 Å². The van der Waals surface area contributed by atoms with Crippen molar-refractivity contribution >= 4 is 17.5 Å². The van der Waals surface area contributed by atoms with Crippen LogP contribution in [0, 0.1) is 13.8 Å². The minimum atomic E-state index is 0.0273. The lowest BCUT2D eigenvalue weighted by Crippen LogP contribution is -2.07. The van der Waals surface area contributed by atoms with Crippen LogP contribution in [0.1, 0.15) is 27.3 Å². The van der Waals surface area contributed by atoms with Gasteiger partial charge in [0.15, 0.2) is 17.3 Å². The first-order valence-electron chi connectivity index (χ1n) is 10.2. The SMILES string of the molecule is Cc1cc(C(=O)CSc2nnc(-c3ccccc3)o2)c(C)n1Cc1ccc2c(c1)OCO2. The van der Waals surface area contributed by atoms with Crippen LogP contribution in [0.25, 0.3) is 11.5 Å². The van der Waals surface area contributed by atoms with E-state index in [9.17, 15) is 4.79 Å². The molecule has 0 spiro atoms. The van der Waals surface area contributed by atoms with Crippen LogP contribution in [-0.2, 0) is 6.54 Å². The number of hydrogen-bond acceptors (Lipinski definition) is 7. The summed E-state index contributed by atoms with van der Waals surface area (Å²) in [5.41, 5.74) is 4.60. The van der Waals surface area contributed by atoms with E-state index in [4.69, 9.17) is 13.9 Å². The highest BCUT2D eigenvalue weighted by Crippen LogP contribution is 2.33. The van der Waals surface area contributed by atoms with E-state index in [-0.39, 0.29) is 18.3 Å². The Kier molecular flexibility index (Phi) is 5.45. The van der Waals surface area contributed by atoms with E-state index in [0.29, 0.717) is 23.2 Å². The molecule has 1 aliphatic rings. The molecule has 0 amide bonds. The first-order chi connectivity index (χ1) is 15.6. The number of aryl methyl sites for hydroxylation is 1. The average Bonchev–Trinajstić information content (AvgIpc) is 3.54. The summed E-state index contributed by atoms with van der Waals surface area (Å²) in [6.45, 7) is 4.88. The second-order valence-electron chi connectivity index (χ2n) is 7.51. The first kappa shape index (κ1) is 20.4. The molecule has 0 radical (unpaired) electrons. The number of hydrogen-bond donors (Lipinski definition) is 0. The molecule has 0 atom stereocenters. The van der Waals surface area contributed by atoms with Crippen molar-refractivity contribution in [3.63, 3.8) is 0 Å². The van der Waals surface area contributed by atoms with Crippen molar-refractivity contribution in [2.24, 2.45) is 0 Å². The zero-order valence-corrected chi connectivity index (χ0v) is 18.5. The smallest absolute Gasteiger partial charge is 0.277 e. The Morgan fingerprint density at radius 1 is 1.03 bits per heavy atom. The number of ketones is 1. The maximum atomic E-state index is 12.9. The Balaban J connectivity index is 1.27. The van der Waals surface area contributed by atoms with Gasteiger partial charge >= 0.3 is 0 Å². The predicted octanol–water partition coefficient (Wildman–Crippen LogP) is 4.91. The molecule has 4 aromatic rings. The van der Waals surface area contributed by atoms with Gasteiger partial charge in [0.2, 0.25) is 12.7 Å². The Morgan fingerprint density at radius 3 is 2.69 bits per heavy atom. The number of ether oxygens (including phenoxy) is 2. The number of nitrogens with zero attached hydrogens (tertiary/aromatic N) is 3. The number of Topliss-reactive ketones (excluding diaryl/α,β-unsaturated/α-hetero) is 1. The molecule has 3 heterocycles. The topological polar surface area (TPSA) is 79.4 Å². The highest BCUT2D eigenvalue weighted by molar-refractivity contribution is 7.99. The summed E-state index contributed by atoms with van der Waals surface area (Å²) in [4.78, 5) is 12.9. The monoisotopic (exact) mass is 447 g/mol. The summed E-state index contributed by atoms with van der Waals surface area (Å²) < 4.78 is 18.7. The number of carbonyl (C=O) groups is 1. The Bertz CT molecular complexity index is 1280. The van der Waals surface area contributed by atoms with Gasteiger partial charge < -0.3 is 18.5 Å². The zero-order valence-electron chi connectivity index (χ0n) is 17.7. The molecule has 32 heavy (non-hydrogen) atoms. The minimum absolute atomic E-state index is 0.0273. The third-order valence-corrected chi connectivity index (χ3v) is 6.22. The van der Waals surface area contributed by atoms with Crippen molar-refractivity contribution in [2.75, 3.05) is 12.5 Å². The lowest BCUT2D eigenvalue weighted by atomic mass is 10.1. The summed E-state index contributed by atoms with van der Waals surface area (Å²) in [7, 11) is 0. The number of fused-ring (bicyclic) bond motifs is 1. The second kappa shape index (κ2) is 8.55. The van der Waals surface area contributed by atoms with Crippen LogP contribution in [0.3, 0.4) is 0 Å². The van der Waals surface area contributed by atoms with Gasteiger partial charge in [-0.2, -0.15) is 0 Å². The van der Waals surface area contributed by atoms with Crippen LogP contribution < -0.4 is 9.47 Å². The van der Waals surface area contributed by atoms with Gasteiger partial charge in [-0.25, -0.2) is 0 Å². The second-order valence-corrected chi connectivity index (χ2v) is 8.44. The number of rotatable bonds is 7. The van der Waals surface area contributed by atoms with Gasteiger partial charge in [0.1, 0.15) is 0 Å². The molecule has 2 aromatic heterocycles. The van der Waals surface area contributed by atoms with Crippen molar-refractivity contribution in [1.82, 2.24) is 14.8 Å². The van der Waals surface area contributed by atoms with Gasteiger partial charge in [-0.15, -0.1) is 10.2 Å². The minimum Gasteiger partial charge on any atom is -0.454 e. The summed E-state index contributed by atoms with van der Waals surface area (Å²) in [6, 6.07) is 17.4. The van der Waals surface area contributed by atoms with E-state index in [1.807, 2.05) is 68.4 Å². The number of carbonyl (C=O) groups excluding carboxylic acids is 1. The maximum absolute atomic E-state index is 12.9. The van der Waals surface area contributed by atoms with Crippen molar-refractivity contribution in [2.45, 2.75) is 25.6 Å². The molecule has 0 aliphatic carbocycles. The number of benzene rings is 2. The Morgan fingerprint density at radius 2 is 1.84 bits per heavy atom. The number of aromatic nitrogens is 3. The molecule has 0 bridgehead atoms.